The fraction of sp³-hybridized carbons (Fsp3) is 0.917. The Morgan fingerprint density at radius 3 is 1.79 bits per heavy atom. The molecule has 0 aromatic carbocycles. The molecule has 0 bridgehead atoms. The Morgan fingerprint density at radius 2 is 1.50 bits per heavy atom. The number of unbranched alkanes of at least 4 members (excludes halogenated alkanes) is 2. The summed E-state index contributed by atoms with van der Waals surface area (Å²) in [7, 11) is 0. The molecule has 0 aliphatic rings. The van der Waals surface area contributed by atoms with Crippen LogP contribution in [-0.2, 0) is 4.79 Å². The lowest BCUT2D eigenvalue weighted by Gasteiger charge is -2.05. The van der Waals surface area contributed by atoms with E-state index in [1.54, 1.807) is 6.92 Å². The number of ketones is 1. The van der Waals surface area contributed by atoms with Gasteiger partial charge in [-0.2, -0.15) is 0 Å². The maximum atomic E-state index is 10.3. The van der Waals surface area contributed by atoms with E-state index in [2.05, 4.69) is 27.7 Å². The summed E-state index contributed by atoms with van der Waals surface area (Å²) in [5, 5.41) is 8.35. The van der Waals surface area contributed by atoms with Gasteiger partial charge in [-0.3, -0.25) is 0 Å². The SMILES string of the molecule is CC(=O)CCCCCO.CC(C)(C)C. The third-order valence-electron chi connectivity index (χ3n) is 1.19. The highest BCUT2D eigenvalue weighted by Crippen LogP contribution is 2.08. The molecule has 0 amide bonds. The first-order valence-corrected chi connectivity index (χ1v) is 5.37. The largest absolute Gasteiger partial charge is 0.396 e. The summed E-state index contributed by atoms with van der Waals surface area (Å²) in [6.45, 7) is 10.6. The summed E-state index contributed by atoms with van der Waals surface area (Å²) in [5.41, 5.74) is 0.500. The number of aliphatic hydroxyl groups excluding tert-OH is 1. The lowest BCUT2D eigenvalue weighted by molar-refractivity contribution is -0.117. The molecule has 0 aliphatic carbocycles. The van der Waals surface area contributed by atoms with E-state index in [9.17, 15) is 4.79 Å². The van der Waals surface area contributed by atoms with Crippen LogP contribution < -0.4 is 0 Å². The van der Waals surface area contributed by atoms with E-state index < -0.39 is 0 Å². The van der Waals surface area contributed by atoms with E-state index in [0.29, 0.717) is 11.8 Å². The lowest BCUT2D eigenvalue weighted by Crippen LogP contribution is -1.93. The van der Waals surface area contributed by atoms with Crippen molar-refractivity contribution in [3.8, 4) is 0 Å². The van der Waals surface area contributed by atoms with Crippen LogP contribution in [0.5, 0.6) is 0 Å². The predicted molar refractivity (Wildman–Crippen MR) is 61.4 cm³/mol. The number of carbonyl (C=O) groups is 1. The van der Waals surface area contributed by atoms with Gasteiger partial charge in [-0.1, -0.05) is 34.1 Å². The van der Waals surface area contributed by atoms with Gasteiger partial charge in [0.2, 0.25) is 0 Å². The first kappa shape index (κ1) is 16.1. The molecule has 0 rings (SSSR count). The summed E-state index contributed by atoms with van der Waals surface area (Å²) < 4.78 is 0. The van der Waals surface area contributed by atoms with Crippen LogP contribution in [0.2, 0.25) is 0 Å². The molecule has 0 saturated heterocycles. The van der Waals surface area contributed by atoms with Gasteiger partial charge < -0.3 is 9.90 Å². The van der Waals surface area contributed by atoms with Crippen molar-refractivity contribution in [3.63, 3.8) is 0 Å². The average molecular weight is 202 g/mol. The van der Waals surface area contributed by atoms with Crippen molar-refractivity contribution in [3.05, 3.63) is 0 Å². The number of carbonyl (C=O) groups excluding carboxylic acids is 1. The molecule has 14 heavy (non-hydrogen) atoms. The topological polar surface area (TPSA) is 37.3 Å². The molecule has 0 aromatic rings. The van der Waals surface area contributed by atoms with Crippen LogP contribution in [0.1, 0.15) is 60.3 Å². The van der Waals surface area contributed by atoms with Crippen LogP contribution in [-0.4, -0.2) is 17.5 Å². The highest BCUT2D eigenvalue weighted by atomic mass is 16.2. The first-order chi connectivity index (χ1) is 6.27. The molecular formula is C12H26O2. The van der Waals surface area contributed by atoms with Crippen LogP contribution in [0.4, 0.5) is 0 Å². The molecule has 0 atom stereocenters. The minimum atomic E-state index is 0.243. The molecule has 0 aromatic heterocycles. The highest BCUT2D eigenvalue weighted by molar-refractivity contribution is 5.75. The Bertz CT molecular complexity index is 128. The zero-order valence-electron chi connectivity index (χ0n) is 10.4. The van der Waals surface area contributed by atoms with E-state index in [1.165, 1.54) is 0 Å². The van der Waals surface area contributed by atoms with Gasteiger partial charge >= 0.3 is 0 Å². The fourth-order valence-electron chi connectivity index (χ4n) is 0.663. The van der Waals surface area contributed by atoms with Gasteiger partial charge in [0.25, 0.3) is 0 Å². The molecular weight excluding hydrogens is 176 g/mol. The number of rotatable bonds is 5. The Hall–Kier alpha value is -0.370. The second-order valence-electron chi connectivity index (χ2n) is 5.24. The van der Waals surface area contributed by atoms with Gasteiger partial charge in [0, 0.05) is 13.0 Å². The Morgan fingerprint density at radius 1 is 1.07 bits per heavy atom. The quantitative estimate of drug-likeness (QED) is 0.695. The van der Waals surface area contributed by atoms with Gasteiger partial charge in [0.05, 0.1) is 0 Å². The van der Waals surface area contributed by atoms with Crippen LogP contribution in [0.15, 0.2) is 0 Å². The van der Waals surface area contributed by atoms with E-state index in [4.69, 9.17) is 5.11 Å². The molecule has 0 spiro atoms. The molecule has 2 nitrogen and oxygen atoms in total. The number of hydrogen-bond acceptors (Lipinski definition) is 2. The van der Waals surface area contributed by atoms with E-state index in [0.717, 1.165) is 19.3 Å². The average Bonchev–Trinajstić information content (AvgIpc) is 1.94. The molecule has 0 fully saturated rings. The molecule has 1 N–H and O–H groups in total. The van der Waals surface area contributed by atoms with Gasteiger partial charge in [-0.15, -0.1) is 0 Å². The summed E-state index contributed by atoms with van der Waals surface area (Å²) in [4.78, 5) is 10.3. The van der Waals surface area contributed by atoms with Crippen molar-refractivity contribution < 1.29 is 9.90 Å². The fourth-order valence-corrected chi connectivity index (χ4v) is 0.663. The maximum absolute atomic E-state index is 10.3. The molecule has 86 valence electrons. The maximum Gasteiger partial charge on any atom is 0.129 e. The summed E-state index contributed by atoms with van der Waals surface area (Å²) in [6.07, 6.45) is 3.39. The molecule has 2 heteroatoms. The van der Waals surface area contributed by atoms with Crippen molar-refractivity contribution in [2.45, 2.75) is 60.3 Å². The molecule has 0 unspecified atom stereocenters. The van der Waals surface area contributed by atoms with Crippen molar-refractivity contribution >= 4 is 5.78 Å². The van der Waals surface area contributed by atoms with Crippen LogP contribution >= 0.6 is 0 Å². The number of aliphatic hydroxyl groups is 1. The zero-order chi connectivity index (χ0) is 11.6. The van der Waals surface area contributed by atoms with E-state index in [-0.39, 0.29) is 12.4 Å². The van der Waals surface area contributed by atoms with Gasteiger partial charge in [-0.25, -0.2) is 0 Å². The molecule has 0 radical (unpaired) electrons. The summed E-state index contributed by atoms with van der Waals surface area (Å²) in [5.74, 6) is 0.243. The van der Waals surface area contributed by atoms with Gasteiger partial charge in [0.15, 0.2) is 0 Å². The highest BCUT2D eigenvalue weighted by Gasteiger charge is 1.95. The van der Waals surface area contributed by atoms with Crippen LogP contribution in [0, 0.1) is 5.41 Å². The van der Waals surface area contributed by atoms with Crippen LogP contribution in [0.3, 0.4) is 0 Å². The third-order valence-corrected chi connectivity index (χ3v) is 1.19. The van der Waals surface area contributed by atoms with Crippen molar-refractivity contribution in [1.82, 2.24) is 0 Å². The Labute approximate surface area is 88.7 Å². The third kappa shape index (κ3) is 41.5. The van der Waals surface area contributed by atoms with Crippen molar-refractivity contribution in [1.29, 1.82) is 0 Å². The normalized spacial score (nSPS) is 10.4. The zero-order valence-corrected chi connectivity index (χ0v) is 10.4. The van der Waals surface area contributed by atoms with E-state index >= 15 is 0 Å². The molecule has 0 heterocycles. The monoisotopic (exact) mass is 202 g/mol. The Kier molecular flexibility index (Phi) is 10.6. The predicted octanol–water partition coefficient (Wildman–Crippen LogP) is 3.18. The van der Waals surface area contributed by atoms with Gasteiger partial charge in [-0.05, 0) is 25.2 Å². The molecule has 0 saturated carbocycles. The van der Waals surface area contributed by atoms with Crippen molar-refractivity contribution in [2.75, 3.05) is 6.61 Å². The number of Topliss-reactive ketones (excluding diaryl/α,β-unsaturated/α-hetero) is 1. The minimum Gasteiger partial charge on any atom is -0.396 e. The Balaban J connectivity index is 0. The minimum absolute atomic E-state index is 0.243. The van der Waals surface area contributed by atoms with E-state index in [1.807, 2.05) is 0 Å². The summed E-state index contributed by atoms with van der Waals surface area (Å²) in [6, 6.07) is 0. The standard InChI is InChI=1S/C7H14O2.C5H12/c1-7(9)5-3-2-4-6-8;1-5(2,3)4/h8H,2-6H2,1H3;1-4H3. The van der Waals surface area contributed by atoms with Gasteiger partial charge in [0.1, 0.15) is 5.78 Å². The first-order valence-electron chi connectivity index (χ1n) is 5.37. The van der Waals surface area contributed by atoms with Crippen LogP contribution in [0.25, 0.3) is 0 Å². The number of hydrogen-bond donors (Lipinski definition) is 1. The smallest absolute Gasteiger partial charge is 0.129 e. The lowest BCUT2D eigenvalue weighted by atomic mass is 10.0. The second kappa shape index (κ2) is 9.20. The molecule has 0 aliphatic heterocycles. The summed E-state index contributed by atoms with van der Waals surface area (Å²) >= 11 is 0. The van der Waals surface area contributed by atoms with Crippen molar-refractivity contribution in [2.24, 2.45) is 5.41 Å². The second-order valence-corrected chi connectivity index (χ2v) is 5.24.